The fourth-order valence-corrected chi connectivity index (χ4v) is 2.12. The van der Waals surface area contributed by atoms with Gasteiger partial charge in [0.1, 0.15) is 5.76 Å². The molecule has 19 heavy (non-hydrogen) atoms. The number of hydrogen-bond acceptors (Lipinski definition) is 3. The van der Waals surface area contributed by atoms with E-state index in [0.717, 1.165) is 23.3 Å². The van der Waals surface area contributed by atoms with Crippen LogP contribution in [0.4, 0.5) is 0 Å². The van der Waals surface area contributed by atoms with Gasteiger partial charge in [0.05, 0.1) is 18.2 Å². The van der Waals surface area contributed by atoms with E-state index in [2.05, 4.69) is 6.92 Å². The summed E-state index contributed by atoms with van der Waals surface area (Å²) in [4.78, 5) is 0. The third kappa shape index (κ3) is 3.06. The Morgan fingerprint density at radius 2 is 1.79 bits per heavy atom. The van der Waals surface area contributed by atoms with E-state index in [0.29, 0.717) is 0 Å². The first-order valence-electron chi connectivity index (χ1n) is 6.78. The molecule has 0 spiro atoms. The molecule has 1 aliphatic rings. The molecule has 3 nitrogen and oxygen atoms in total. The maximum absolute atomic E-state index is 6.25. The molecular weight excluding hydrogens is 236 g/mol. The lowest BCUT2D eigenvalue weighted by molar-refractivity contribution is 0.113. The minimum absolute atomic E-state index is 0.163. The Balaban J connectivity index is 2.24. The van der Waals surface area contributed by atoms with Gasteiger partial charge in [-0.1, -0.05) is 43.3 Å². The van der Waals surface area contributed by atoms with Crippen LogP contribution in [0.2, 0.25) is 0 Å². The van der Waals surface area contributed by atoms with Crippen molar-refractivity contribution in [2.45, 2.75) is 38.5 Å². The van der Waals surface area contributed by atoms with E-state index in [4.69, 9.17) is 16.2 Å². The topological polar surface area (TPSA) is 61.3 Å². The molecule has 1 aliphatic carbocycles. The quantitative estimate of drug-likeness (QED) is 0.872. The number of nitrogens with two attached hydrogens (primary N) is 2. The van der Waals surface area contributed by atoms with Crippen LogP contribution >= 0.6 is 0 Å². The summed E-state index contributed by atoms with van der Waals surface area (Å²) in [5.41, 5.74) is 14.6. The summed E-state index contributed by atoms with van der Waals surface area (Å²) in [5, 5.41) is 0. The molecule has 0 heterocycles. The highest BCUT2D eigenvalue weighted by molar-refractivity contribution is 5.73. The molecule has 3 atom stereocenters. The van der Waals surface area contributed by atoms with E-state index >= 15 is 0 Å². The summed E-state index contributed by atoms with van der Waals surface area (Å²) in [6, 6.07) is 9.58. The highest BCUT2D eigenvalue weighted by atomic mass is 16.5. The van der Waals surface area contributed by atoms with Crippen LogP contribution in [0.25, 0.3) is 5.57 Å². The molecule has 102 valence electrons. The zero-order valence-corrected chi connectivity index (χ0v) is 11.5. The second-order valence-electron chi connectivity index (χ2n) is 4.95. The maximum atomic E-state index is 6.25. The number of benzene rings is 1. The van der Waals surface area contributed by atoms with Crippen molar-refractivity contribution in [2.75, 3.05) is 0 Å². The number of rotatable bonds is 4. The highest BCUT2D eigenvalue weighted by Crippen LogP contribution is 2.26. The molecule has 0 radical (unpaired) electrons. The first-order chi connectivity index (χ1) is 9.13. The minimum atomic E-state index is -0.283. The van der Waals surface area contributed by atoms with Gasteiger partial charge < -0.3 is 16.2 Å². The second-order valence-corrected chi connectivity index (χ2v) is 4.95. The average molecular weight is 258 g/mol. The number of allylic oxidation sites excluding steroid dienone is 2. The molecular formula is C16H22N2O. The largest absolute Gasteiger partial charge is 0.493 e. The monoisotopic (exact) mass is 258 g/mol. The van der Waals surface area contributed by atoms with Crippen LogP contribution in [0, 0.1) is 0 Å². The van der Waals surface area contributed by atoms with Crippen LogP contribution in [0.5, 0.6) is 0 Å². The summed E-state index contributed by atoms with van der Waals surface area (Å²) in [7, 11) is 0. The van der Waals surface area contributed by atoms with Gasteiger partial charge in [0.15, 0.2) is 0 Å². The zero-order valence-electron chi connectivity index (χ0n) is 11.5. The molecule has 1 aromatic carbocycles. The summed E-state index contributed by atoms with van der Waals surface area (Å²) < 4.78 is 5.82. The van der Waals surface area contributed by atoms with Crippen molar-refractivity contribution in [3.8, 4) is 0 Å². The third-order valence-electron chi connectivity index (χ3n) is 3.52. The predicted octanol–water partition coefficient (Wildman–Crippen LogP) is 2.44. The van der Waals surface area contributed by atoms with E-state index in [-0.39, 0.29) is 18.2 Å². The summed E-state index contributed by atoms with van der Waals surface area (Å²) >= 11 is 0. The van der Waals surface area contributed by atoms with Crippen LogP contribution < -0.4 is 11.5 Å². The van der Waals surface area contributed by atoms with Gasteiger partial charge in [-0.25, -0.2) is 0 Å². The molecule has 0 saturated carbocycles. The van der Waals surface area contributed by atoms with Crippen molar-refractivity contribution in [2.24, 2.45) is 11.5 Å². The smallest absolute Gasteiger partial charge is 0.115 e. The van der Waals surface area contributed by atoms with Crippen molar-refractivity contribution in [1.82, 2.24) is 0 Å². The molecule has 0 aliphatic heterocycles. The summed E-state index contributed by atoms with van der Waals surface area (Å²) in [6.07, 6.45) is 5.08. The Bertz CT molecular complexity index is 479. The van der Waals surface area contributed by atoms with Gasteiger partial charge in [0.2, 0.25) is 0 Å². The predicted molar refractivity (Wildman–Crippen MR) is 79.3 cm³/mol. The average Bonchev–Trinajstić information content (AvgIpc) is 2.45. The van der Waals surface area contributed by atoms with Crippen molar-refractivity contribution in [1.29, 1.82) is 0 Å². The van der Waals surface area contributed by atoms with Gasteiger partial charge in [0.25, 0.3) is 0 Å². The van der Waals surface area contributed by atoms with Crippen molar-refractivity contribution >= 4 is 5.57 Å². The maximum Gasteiger partial charge on any atom is 0.115 e. The van der Waals surface area contributed by atoms with Crippen LogP contribution in [-0.2, 0) is 4.74 Å². The SMILES string of the molecule is CC[C@@H](C)OC1=CC=C(c2ccccc2)C(N)C1N. The van der Waals surface area contributed by atoms with Gasteiger partial charge in [0, 0.05) is 0 Å². The highest BCUT2D eigenvalue weighted by Gasteiger charge is 2.27. The number of hydrogen-bond donors (Lipinski definition) is 2. The van der Waals surface area contributed by atoms with Gasteiger partial charge in [-0.15, -0.1) is 0 Å². The Labute approximate surface area is 114 Å². The first kappa shape index (κ1) is 13.8. The van der Waals surface area contributed by atoms with Gasteiger partial charge in [-0.2, -0.15) is 0 Å². The molecule has 0 fully saturated rings. The zero-order chi connectivity index (χ0) is 13.8. The number of ether oxygens (including phenoxy) is 1. The van der Waals surface area contributed by atoms with Crippen LogP contribution in [0.3, 0.4) is 0 Å². The summed E-state index contributed by atoms with van der Waals surface area (Å²) in [5.74, 6) is 0.779. The molecule has 0 bridgehead atoms. The van der Waals surface area contributed by atoms with Gasteiger partial charge in [-0.3, -0.25) is 0 Å². The normalized spacial score (nSPS) is 24.4. The van der Waals surface area contributed by atoms with Crippen LogP contribution in [0.1, 0.15) is 25.8 Å². The Hall–Kier alpha value is -1.58. The molecule has 0 amide bonds. The molecule has 2 rings (SSSR count). The minimum Gasteiger partial charge on any atom is -0.493 e. The van der Waals surface area contributed by atoms with E-state index in [9.17, 15) is 0 Å². The van der Waals surface area contributed by atoms with E-state index in [1.165, 1.54) is 0 Å². The Kier molecular flexibility index (Phi) is 4.40. The Morgan fingerprint density at radius 3 is 2.42 bits per heavy atom. The van der Waals surface area contributed by atoms with E-state index < -0.39 is 0 Å². The lowest BCUT2D eigenvalue weighted by Crippen LogP contribution is -2.45. The first-order valence-corrected chi connectivity index (χ1v) is 6.78. The van der Waals surface area contributed by atoms with E-state index in [1.807, 2.05) is 49.4 Å². The standard InChI is InChI=1S/C16H22N2O/c1-3-11(2)19-14-10-9-13(15(17)16(14)18)12-7-5-4-6-8-12/h4-11,15-16H,3,17-18H2,1-2H3/t11-,15?,16?/m1/s1. The Morgan fingerprint density at radius 1 is 1.11 bits per heavy atom. The molecule has 2 unspecified atom stereocenters. The fraction of sp³-hybridized carbons (Fsp3) is 0.375. The van der Waals surface area contributed by atoms with Crippen molar-refractivity contribution in [3.05, 3.63) is 53.8 Å². The third-order valence-corrected chi connectivity index (χ3v) is 3.52. The van der Waals surface area contributed by atoms with Crippen LogP contribution in [0.15, 0.2) is 48.2 Å². The lowest BCUT2D eigenvalue weighted by atomic mass is 9.89. The van der Waals surface area contributed by atoms with E-state index in [1.54, 1.807) is 0 Å². The molecule has 0 saturated heterocycles. The van der Waals surface area contributed by atoms with Gasteiger partial charge >= 0.3 is 0 Å². The summed E-state index contributed by atoms with van der Waals surface area (Å²) in [6.45, 7) is 4.13. The molecule has 4 N–H and O–H groups in total. The fourth-order valence-electron chi connectivity index (χ4n) is 2.12. The lowest BCUT2D eigenvalue weighted by Gasteiger charge is -2.30. The molecule has 3 heteroatoms. The van der Waals surface area contributed by atoms with Crippen molar-refractivity contribution in [3.63, 3.8) is 0 Å². The second kappa shape index (κ2) is 6.04. The molecule has 1 aromatic rings. The van der Waals surface area contributed by atoms with Crippen molar-refractivity contribution < 1.29 is 4.74 Å². The molecule has 0 aromatic heterocycles. The van der Waals surface area contributed by atoms with Gasteiger partial charge in [-0.05, 0) is 30.6 Å². The van der Waals surface area contributed by atoms with Crippen LogP contribution in [-0.4, -0.2) is 18.2 Å².